The van der Waals surface area contributed by atoms with Crippen molar-refractivity contribution in [3.63, 3.8) is 0 Å². The Hall–Kier alpha value is -1.57. The predicted molar refractivity (Wildman–Crippen MR) is 73.2 cm³/mol. The number of nitrogens with one attached hydrogen (secondary N) is 2. The van der Waals surface area contributed by atoms with E-state index in [-0.39, 0.29) is 0 Å². The molecule has 17 heavy (non-hydrogen) atoms. The van der Waals surface area contributed by atoms with Crippen LogP contribution in [0, 0.1) is 11.3 Å². The number of allylic oxidation sites excluding steroid dienone is 7. The normalized spacial score (nSPS) is 23.6. The van der Waals surface area contributed by atoms with Gasteiger partial charge in [-0.05, 0) is 36.8 Å². The summed E-state index contributed by atoms with van der Waals surface area (Å²) < 4.78 is 0. The van der Waals surface area contributed by atoms with Crippen LogP contribution in [0.1, 0.15) is 26.2 Å². The lowest BCUT2D eigenvalue weighted by Gasteiger charge is -2.19. The van der Waals surface area contributed by atoms with Crippen molar-refractivity contribution in [1.82, 2.24) is 5.32 Å². The van der Waals surface area contributed by atoms with E-state index in [1.807, 2.05) is 7.05 Å². The monoisotopic (exact) mass is 228 g/mol. The van der Waals surface area contributed by atoms with Gasteiger partial charge in [-0.2, -0.15) is 0 Å². The molecule has 90 valence electrons. The van der Waals surface area contributed by atoms with E-state index in [0.717, 1.165) is 36.1 Å². The first-order valence-corrected chi connectivity index (χ1v) is 6.27. The minimum atomic E-state index is 0.607. The zero-order chi connectivity index (χ0) is 12.3. The molecule has 0 spiro atoms. The molecule has 1 unspecified atom stereocenters. The first-order chi connectivity index (χ1) is 8.22. The van der Waals surface area contributed by atoms with Gasteiger partial charge in [0, 0.05) is 18.3 Å². The van der Waals surface area contributed by atoms with E-state index >= 15 is 0 Å². The van der Waals surface area contributed by atoms with Crippen LogP contribution in [0.3, 0.4) is 0 Å². The molecule has 2 aliphatic carbocycles. The van der Waals surface area contributed by atoms with E-state index in [9.17, 15) is 0 Å². The van der Waals surface area contributed by atoms with Crippen molar-refractivity contribution in [3.8, 4) is 0 Å². The number of likely N-dealkylation sites (N-methyl/N-ethyl adjacent to an activating group) is 1. The molecule has 0 heterocycles. The highest BCUT2D eigenvalue weighted by Gasteiger charge is 2.16. The fourth-order valence-corrected chi connectivity index (χ4v) is 2.25. The Morgan fingerprint density at radius 3 is 2.88 bits per heavy atom. The Kier molecular flexibility index (Phi) is 3.62. The van der Waals surface area contributed by atoms with Crippen LogP contribution in [0.2, 0.25) is 0 Å². The lowest BCUT2D eigenvalue weighted by molar-refractivity contribution is 0.734. The number of hydrogen-bond acceptors (Lipinski definition) is 2. The second kappa shape index (κ2) is 5.17. The van der Waals surface area contributed by atoms with Crippen molar-refractivity contribution in [2.45, 2.75) is 26.2 Å². The van der Waals surface area contributed by atoms with Crippen molar-refractivity contribution in [2.75, 3.05) is 7.05 Å². The molecule has 0 amide bonds. The second-order valence-electron chi connectivity index (χ2n) is 4.69. The third-order valence-electron chi connectivity index (χ3n) is 3.34. The molecule has 0 saturated carbocycles. The summed E-state index contributed by atoms with van der Waals surface area (Å²) in [6.07, 6.45) is 13.8. The number of rotatable bonds is 3. The van der Waals surface area contributed by atoms with Crippen LogP contribution < -0.4 is 5.32 Å². The molecule has 2 N–H and O–H groups in total. The molecule has 2 rings (SSSR count). The van der Waals surface area contributed by atoms with Crippen LogP contribution in [-0.2, 0) is 0 Å². The molecule has 1 atom stereocenters. The minimum absolute atomic E-state index is 0.607. The Bertz CT molecular complexity index is 436. The van der Waals surface area contributed by atoms with E-state index in [0.29, 0.717) is 11.6 Å². The Labute approximate surface area is 103 Å². The van der Waals surface area contributed by atoms with Gasteiger partial charge >= 0.3 is 0 Å². The fourth-order valence-electron chi connectivity index (χ4n) is 2.25. The summed E-state index contributed by atoms with van der Waals surface area (Å²) in [7, 11) is 1.92. The van der Waals surface area contributed by atoms with Gasteiger partial charge in [0.2, 0.25) is 0 Å². The van der Waals surface area contributed by atoms with E-state index in [4.69, 9.17) is 5.41 Å². The first kappa shape index (κ1) is 11.9. The molecule has 2 nitrogen and oxygen atoms in total. The first-order valence-electron chi connectivity index (χ1n) is 6.27. The van der Waals surface area contributed by atoms with Crippen molar-refractivity contribution in [2.24, 2.45) is 5.92 Å². The van der Waals surface area contributed by atoms with Gasteiger partial charge in [0.25, 0.3) is 0 Å². The van der Waals surface area contributed by atoms with Gasteiger partial charge in [0.1, 0.15) is 0 Å². The molecule has 0 radical (unpaired) electrons. The Balaban J connectivity index is 2.23. The zero-order valence-electron chi connectivity index (χ0n) is 10.6. The van der Waals surface area contributed by atoms with Gasteiger partial charge in [0.05, 0.1) is 5.71 Å². The SMILES string of the molecule is CNC1=C(C(=N)C2=CCC(C)C=C2)CCC=C1. The van der Waals surface area contributed by atoms with Crippen molar-refractivity contribution < 1.29 is 0 Å². The molecule has 0 aliphatic heterocycles. The summed E-state index contributed by atoms with van der Waals surface area (Å²) in [6, 6.07) is 0. The van der Waals surface area contributed by atoms with Gasteiger partial charge in [-0.3, -0.25) is 5.41 Å². The van der Waals surface area contributed by atoms with Crippen LogP contribution in [0.25, 0.3) is 0 Å². The summed E-state index contributed by atoms with van der Waals surface area (Å²) in [6.45, 7) is 2.20. The van der Waals surface area contributed by atoms with Gasteiger partial charge in [0.15, 0.2) is 0 Å². The Morgan fingerprint density at radius 2 is 2.24 bits per heavy atom. The maximum Gasteiger partial charge on any atom is 0.0661 e. The molecular formula is C15H20N2. The average Bonchev–Trinajstić information content (AvgIpc) is 2.39. The van der Waals surface area contributed by atoms with Gasteiger partial charge in [-0.15, -0.1) is 0 Å². The summed E-state index contributed by atoms with van der Waals surface area (Å²) in [5.41, 5.74) is 3.98. The topological polar surface area (TPSA) is 35.9 Å². The third kappa shape index (κ3) is 2.57. The molecule has 0 fully saturated rings. The van der Waals surface area contributed by atoms with E-state index < -0.39 is 0 Å². The fraction of sp³-hybridized carbons (Fsp3) is 0.400. The summed E-state index contributed by atoms with van der Waals surface area (Å²) in [5.74, 6) is 0.607. The molecule has 0 aromatic rings. The number of hydrogen-bond donors (Lipinski definition) is 2. The zero-order valence-corrected chi connectivity index (χ0v) is 10.6. The van der Waals surface area contributed by atoms with Gasteiger partial charge in [-0.25, -0.2) is 0 Å². The van der Waals surface area contributed by atoms with Crippen molar-refractivity contribution in [1.29, 1.82) is 5.41 Å². The smallest absolute Gasteiger partial charge is 0.0661 e. The van der Waals surface area contributed by atoms with Crippen LogP contribution >= 0.6 is 0 Å². The lowest BCUT2D eigenvalue weighted by Crippen LogP contribution is -2.16. The van der Waals surface area contributed by atoms with Crippen LogP contribution in [0.15, 0.2) is 47.2 Å². The highest BCUT2D eigenvalue weighted by molar-refractivity contribution is 6.12. The maximum atomic E-state index is 8.33. The molecule has 2 aliphatic rings. The molecule has 0 aromatic heterocycles. The summed E-state index contributed by atoms with van der Waals surface area (Å²) in [4.78, 5) is 0. The molecule has 0 saturated heterocycles. The van der Waals surface area contributed by atoms with E-state index in [1.54, 1.807) is 0 Å². The largest absolute Gasteiger partial charge is 0.388 e. The molecule has 0 aromatic carbocycles. The standard InChI is InChI=1S/C15H20N2/c1-11-7-9-12(10-8-11)15(16)13-5-3-4-6-14(13)17-2/h4,6-7,9-11,16-17H,3,5,8H2,1-2H3. The van der Waals surface area contributed by atoms with Crippen LogP contribution in [-0.4, -0.2) is 12.8 Å². The molecule has 0 bridgehead atoms. The second-order valence-corrected chi connectivity index (χ2v) is 4.69. The summed E-state index contributed by atoms with van der Waals surface area (Å²) in [5, 5.41) is 11.5. The van der Waals surface area contributed by atoms with E-state index in [2.05, 4.69) is 42.6 Å². The highest BCUT2D eigenvalue weighted by atomic mass is 14.8. The Morgan fingerprint density at radius 1 is 1.41 bits per heavy atom. The lowest BCUT2D eigenvalue weighted by atomic mass is 9.89. The average molecular weight is 228 g/mol. The van der Waals surface area contributed by atoms with Crippen molar-refractivity contribution >= 4 is 5.71 Å². The van der Waals surface area contributed by atoms with Crippen LogP contribution in [0.5, 0.6) is 0 Å². The molecular weight excluding hydrogens is 208 g/mol. The van der Waals surface area contributed by atoms with Crippen molar-refractivity contribution in [3.05, 3.63) is 47.2 Å². The highest BCUT2D eigenvalue weighted by Crippen LogP contribution is 2.24. The minimum Gasteiger partial charge on any atom is -0.388 e. The van der Waals surface area contributed by atoms with Gasteiger partial charge < -0.3 is 5.32 Å². The quantitative estimate of drug-likeness (QED) is 0.714. The maximum absolute atomic E-state index is 8.33. The van der Waals surface area contributed by atoms with Crippen LogP contribution in [0.4, 0.5) is 0 Å². The van der Waals surface area contributed by atoms with Gasteiger partial charge in [-0.1, -0.05) is 31.2 Å². The summed E-state index contributed by atoms with van der Waals surface area (Å²) >= 11 is 0. The van der Waals surface area contributed by atoms with E-state index in [1.165, 1.54) is 0 Å². The third-order valence-corrected chi connectivity index (χ3v) is 3.34. The molecule has 2 heteroatoms. The predicted octanol–water partition coefficient (Wildman–Crippen LogP) is 3.35.